The van der Waals surface area contributed by atoms with E-state index in [-0.39, 0.29) is 0 Å². The van der Waals surface area contributed by atoms with Gasteiger partial charge in [0.25, 0.3) is 0 Å². The van der Waals surface area contributed by atoms with Crippen LogP contribution in [0.2, 0.25) is 0 Å². The molecule has 0 radical (unpaired) electrons. The van der Waals surface area contributed by atoms with Crippen molar-refractivity contribution in [3.8, 4) is 0 Å². The SMILES string of the molecule is Nc1cnc(NCC2CC3CCC2C3)nc1. The number of nitrogen functional groups attached to an aromatic ring is 1. The summed E-state index contributed by atoms with van der Waals surface area (Å²) in [5, 5.41) is 3.32. The number of hydrogen-bond acceptors (Lipinski definition) is 4. The summed E-state index contributed by atoms with van der Waals surface area (Å²) in [4.78, 5) is 8.31. The number of aromatic nitrogens is 2. The minimum Gasteiger partial charge on any atom is -0.396 e. The third-order valence-corrected chi connectivity index (χ3v) is 4.08. The minimum absolute atomic E-state index is 0.616. The van der Waals surface area contributed by atoms with Gasteiger partial charge in [-0.05, 0) is 37.0 Å². The molecule has 0 spiro atoms. The average Bonchev–Trinajstić information content (AvgIpc) is 2.90. The highest BCUT2D eigenvalue weighted by molar-refractivity contribution is 5.35. The van der Waals surface area contributed by atoms with Crippen LogP contribution >= 0.6 is 0 Å². The first-order valence-corrected chi connectivity index (χ1v) is 6.12. The summed E-state index contributed by atoms with van der Waals surface area (Å²) in [6.07, 6.45) is 9.03. The van der Waals surface area contributed by atoms with Crippen LogP contribution in [0.5, 0.6) is 0 Å². The molecule has 0 aliphatic heterocycles. The molecule has 4 nitrogen and oxygen atoms in total. The first-order valence-electron chi connectivity index (χ1n) is 6.12. The van der Waals surface area contributed by atoms with Crippen LogP contribution < -0.4 is 11.1 Å². The zero-order chi connectivity index (χ0) is 11.0. The van der Waals surface area contributed by atoms with Crippen LogP contribution in [0.15, 0.2) is 12.4 Å². The summed E-state index contributed by atoms with van der Waals surface area (Å²) in [5.41, 5.74) is 6.16. The van der Waals surface area contributed by atoms with Crippen molar-refractivity contribution >= 4 is 11.6 Å². The van der Waals surface area contributed by atoms with Gasteiger partial charge in [-0.25, -0.2) is 9.97 Å². The maximum absolute atomic E-state index is 5.54. The highest BCUT2D eigenvalue weighted by Gasteiger charge is 2.39. The molecule has 2 bridgehead atoms. The van der Waals surface area contributed by atoms with E-state index < -0.39 is 0 Å². The van der Waals surface area contributed by atoms with Crippen LogP contribution in [0.1, 0.15) is 25.7 Å². The lowest BCUT2D eigenvalue weighted by molar-refractivity contribution is 0.348. The lowest BCUT2D eigenvalue weighted by atomic mass is 9.89. The Balaban J connectivity index is 1.55. The van der Waals surface area contributed by atoms with Gasteiger partial charge in [0.2, 0.25) is 5.95 Å². The smallest absolute Gasteiger partial charge is 0.222 e. The Morgan fingerprint density at radius 2 is 2.06 bits per heavy atom. The van der Waals surface area contributed by atoms with Crippen LogP contribution in [-0.2, 0) is 0 Å². The Bertz CT molecular complexity index is 362. The third-order valence-electron chi connectivity index (χ3n) is 4.08. The molecular weight excluding hydrogens is 200 g/mol. The van der Waals surface area contributed by atoms with E-state index in [1.807, 2.05) is 0 Å². The van der Waals surface area contributed by atoms with E-state index in [0.29, 0.717) is 11.6 Å². The van der Waals surface area contributed by atoms with Crippen molar-refractivity contribution in [2.24, 2.45) is 17.8 Å². The van der Waals surface area contributed by atoms with Crippen LogP contribution in [0.25, 0.3) is 0 Å². The summed E-state index contributed by atoms with van der Waals surface area (Å²) < 4.78 is 0. The molecule has 0 aromatic carbocycles. The molecule has 4 heteroatoms. The van der Waals surface area contributed by atoms with E-state index >= 15 is 0 Å². The standard InChI is InChI=1S/C12H18N4/c13-11-6-15-12(16-7-11)14-5-10-4-8-1-2-9(10)3-8/h6-10H,1-5,13H2,(H,14,15,16). The molecule has 3 N–H and O–H groups in total. The maximum atomic E-state index is 5.54. The van der Waals surface area contributed by atoms with Gasteiger partial charge >= 0.3 is 0 Å². The lowest BCUT2D eigenvalue weighted by Crippen LogP contribution is -2.20. The molecule has 2 aliphatic carbocycles. The highest BCUT2D eigenvalue weighted by Crippen LogP contribution is 2.48. The van der Waals surface area contributed by atoms with Gasteiger partial charge in [0.1, 0.15) is 0 Å². The van der Waals surface area contributed by atoms with Crippen LogP contribution in [0.4, 0.5) is 11.6 Å². The lowest BCUT2D eigenvalue weighted by Gasteiger charge is -2.21. The van der Waals surface area contributed by atoms with Crippen molar-refractivity contribution in [3.63, 3.8) is 0 Å². The fourth-order valence-corrected chi connectivity index (χ4v) is 3.28. The number of nitrogens with one attached hydrogen (secondary N) is 1. The van der Waals surface area contributed by atoms with Crippen molar-refractivity contribution in [2.75, 3.05) is 17.6 Å². The summed E-state index contributed by atoms with van der Waals surface area (Å²) in [6.45, 7) is 1.02. The minimum atomic E-state index is 0.616. The maximum Gasteiger partial charge on any atom is 0.222 e. The monoisotopic (exact) mass is 218 g/mol. The topological polar surface area (TPSA) is 63.8 Å². The number of hydrogen-bond donors (Lipinski definition) is 2. The van der Waals surface area contributed by atoms with Gasteiger partial charge in [-0.3, -0.25) is 0 Å². The van der Waals surface area contributed by atoms with Crippen LogP contribution in [0, 0.1) is 17.8 Å². The first-order chi connectivity index (χ1) is 7.81. The Morgan fingerprint density at radius 3 is 2.69 bits per heavy atom. The van der Waals surface area contributed by atoms with Gasteiger partial charge in [-0.15, -0.1) is 0 Å². The molecule has 3 atom stereocenters. The molecule has 2 fully saturated rings. The van der Waals surface area contributed by atoms with E-state index in [2.05, 4.69) is 15.3 Å². The van der Waals surface area contributed by atoms with Crippen molar-refractivity contribution in [3.05, 3.63) is 12.4 Å². The van der Waals surface area contributed by atoms with Crippen LogP contribution in [0.3, 0.4) is 0 Å². The summed E-state index contributed by atoms with van der Waals surface area (Å²) in [5.74, 6) is 3.49. The summed E-state index contributed by atoms with van der Waals surface area (Å²) in [7, 11) is 0. The quantitative estimate of drug-likeness (QED) is 0.813. The van der Waals surface area contributed by atoms with Gasteiger partial charge in [0, 0.05) is 6.54 Å². The summed E-state index contributed by atoms with van der Waals surface area (Å²) in [6, 6.07) is 0. The first kappa shape index (κ1) is 9.87. The van der Waals surface area contributed by atoms with E-state index in [1.54, 1.807) is 12.4 Å². The Morgan fingerprint density at radius 1 is 1.25 bits per heavy atom. The van der Waals surface area contributed by atoms with Gasteiger partial charge in [-0.1, -0.05) is 6.42 Å². The molecule has 2 saturated carbocycles. The van der Waals surface area contributed by atoms with E-state index in [9.17, 15) is 0 Å². The predicted octanol–water partition coefficient (Wildman–Crippen LogP) is 1.91. The van der Waals surface area contributed by atoms with Crippen molar-refractivity contribution in [1.29, 1.82) is 0 Å². The zero-order valence-corrected chi connectivity index (χ0v) is 9.39. The second-order valence-electron chi connectivity index (χ2n) is 5.16. The normalized spacial score (nSPS) is 31.9. The number of fused-ring (bicyclic) bond motifs is 2. The number of nitrogens with zero attached hydrogens (tertiary/aromatic N) is 2. The molecule has 0 saturated heterocycles. The largest absolute Gasteiger partial charge is 0.396 e. The second-order valence-corrected chi connectivity index (χ2v) is 5.16. The van der Waals surface area contributed by atoms with Gasteiger partial charge in [-0.2, -0.15) is 0 Å². The van der Waals surface area contributed by atoms with E-state index in [0.717, 1.165) is 24.3 Å². The van der Waals surface area contributed by atoms with Gasteiger partial charge in [0.15, 0.2) is 0 Å². The van der Waals surface area contributed by atoms with Gasteiger partial charge < -0.3 is 11.1 Å². The fraction of sp³-hybridized carbons (Fsp3) is 0.667. The molecule has 3 rings (SSSR count). The molecule has 1 heterocycles. The van der Waals surface area contributed by atoms with E-state index in [1.165, 1.54) is 25.7 Å². The molecule has 1 aromatic rings. The van der Waals surface area contributed by atoms with Crippen molar-refractivity contribution in [2.45, 2.75) is 25.7 Å². The average molecular weight is 218 g/mol. The summed E-state index contributed by atoms with van der Waals surface area (Å²) >= 11 is 0. The molecule has 86 valence electrons. The third kappa shape index (κ3) is 1.84. The van der Waals surface area contributed by atoms with Gasteiger partial charge in [0.05, 0.1) is 18.1 Å². The molecule has 0 amide bonds. The fourth-order valence-electron chi connectivity index (χ4n) is 3.28. The van der Waals surface area contributed by atoms with Crippen LogP contribution in [-0.4, -0.2) is 16.5 Å². The molecule has 1 aromatic heterocycles. The van der Waals surface area contributed by atoms with Crippen molar-refractivity contribution < 1.29 is 0 Å². The molecule has 2 aliphatic rings. The predicted molar refractivity (Wildman–Crippen MR) is 63.9 cm³/mol. The van der Waals surface area contributed by atoms with Crippen molar-refractivity contribution in [1.82, 2.24) is 9.97 Å². The second kappa shape index (κ2) is 3.92. The molecule has 16 heavy (non-hydrogen) atoms. The molecule has 3 unspecified atom stereocenters. The van der Waals surface area contributed by atoms with E-state index in [4.69, 9.17) is 5.73 Å². The highest BCUT2D eigenvalue weighted by atomic mass is 15.1. The molecular formula is C12H18N4. The Hall–Kier alpha value is -1.32. The number of rotatable bonds is 3. The number of anilines is 2. The Kier molecular flexibility index (Phi) is 2.42. The Labute approximate surface area is 95.7 Å². The number of nitrogens with two attached hydrogens (primary N) is 1. The zero-order valence-electron chi connectivity index (χ0n) is 9.39.